The maximum Gasteiger partial charge on any atom is 0.224 e. The van der Waals surface area contributed by atoms with Gasteiger partial charge in [-0.15, -0.1) is 0 Å². The van der Waals surface area contributed by atoms with Crippen LogP contribution in [0, 0.1) is 12.3 Å². The molecule has 0 aliphatic carbocycles. The minimum absolute atomic E-state index is 0.0679. The topological polar surface area (TPSA) is 92.5 Å². The number of primary amides is 1. The molecule has 1 unspecified atom stereocenters. The predicted octanol–water partition coefficient (Wildman–Crippen LogP) is 0.652. The Hall–Kier alpha value is -1.43. The van der Waals surface area contributed by atoms with Gasteiger partial charge in [0.15, 0.2) is 5.78 Å². The predicted molar refractivity (Wildman–Crippen MR) is 84.8 cm³/mol. The Balaban J connectivity index is 2.40. The number of nitrogens with one attached hydrogen (secondary N) is 1. The number of hydrogen-bond donors (Lipinski definition) is 2. The molecule has 1 aliphatic heterocycles. The van der Waals surface area contributed by atoms with Crippen LogP contribution in [0.5, 0.6) is 0 Å². The fourth-order valence-electron chi connectivity index (χ4n) is 2.45. The molecule has 3 N–H and O–H groups in total. The number of amides is 2. The first-order chi connectivity index (χ1) is 10.4. The van der Waals surface area contributed by atoms with Crippen molar-refractivity contribution in [1.82, 2.24) is 10.2 Å². The molecule has 1 heterocycles. The Morgan fingerprint density at radius 1 is 1.50 bits per heavy atom. The van der Waals surface area contributed by atoms with Crippen LogP contribution in [-0.2, 0) is 14.4 Å². The van der Waals surface area contributed by atoms with Crippen molar-refractivity contribution in [3.63, 3.8) is 0 Å². The van der Waals surface area contributed by atoms with Crippen LogP contribution in [0.15, 0.2) is 0 Å². The molecule has 1 aliphatic rings. The van der Waals surface area contributed by atoms with Gasteiger partial charge in [-0.1, -0.05) is 20.3 Å². The van der Waals surface area contributed by atoms with E-state index in [9.17, 15) is 14.4 Å². The zero-order chi connectivity index (χ0) is 16.5. The summed E-state index contributed by atoms with van der Waals surface area (Å²) in [7, 11) is 0. The lowest BCUT2D eigenvalue weighted by Crippen LogP contribution is -2.43. The first kappa shape index (κ1) is 18.6. The molecule has 0 aromatic heterocycles. The average Bonchev–Trinajstić information content (AvgIpc) is 2.64. The molecule has 2 amide bonds. The van der Waals surface area contributed by atoms with E-state index in [0.717, 1.165) is 32.4 Å². The van der Waals surface area contributed by atoms with Crippen molar-refractivity contribution in [1.29, 1.82) is 0 Å². The zero-order valence-electron chi connectivity index (χ0n) is 13.6. The summed E-state index contributed by atoms with van der Waals surface area (Å²) in [5.41, 5.74) is 5.15. The Morgan fingerprint density at radius 2 is 2.23 bits per heavy atom. The second-order valence-corrected chi connectivity index (χ2v) is 6.04. The van der Waals surface area contributed by atoms with Crippen molar-refractivity contribution in [2.45, 2.75) is 52.0 Å². The van der Waals surface area contributed by atoms with Crippen LogP contribution in [0.1, 0.15) is 46.0 Å². The number of nitrogens with two attached hydrogens (primary N) is 1. The van der Waals surface area contributed by atoms with Crippen LogP contribution >= 0.6 is 0 Å². The number of likely N-dealkylation sites (tertiary alicyclic amines) is 1. The first-order valence-electron chi connectivity index (χ1n) is 8.12. The standard InChI is InChI=1S/C16H28N3O3/c1-3-4-9-19-10-5-6-13(14(20)11-19)18-15(21)8-7-12(2)16(17)22/h8,12-13H,3-7,9-11H2,1-2H3,(H2,17,22)(H,18,21)/t12?,13-/m0/s1. The fourth-order valence-corrected chi connectivity index (χ4v) is 2.45. The van der Waals surface area contributed by atoms with Crippen LogP contribution in [0.25, 0.3) is 0 Å². The monoisotopic (exact) mass is 310 g/mol. The number of Topliss-reactive ketones (excluding diaryl/α,β-unsaturated/α-hetero) is 1. The zero-order valence-corrected chi connectivity index (χ0v) is 13.6. The summed E-state index contributed by atoms with van der Waals surface area (Å²) in [6, 6.07) is -0.417. The quantitative estimate of drug-likeness (QED) is 0.688. The fraction of sp³-hybridized carbons (Fsp3) is 0.750. The van der Waals surface area contributed by atoms with Crippen LogP contribution in [0.3, 0.4) is 0 Å². The summed E-state index contributed by atoms with van der Waals surface area (Å²) in [5, 5.41) is 2.76. The van der Waals surface area contributed by atoms with E-state index in [1.54, 1.807) is 6.92 Å². The van der Waals surface area contributed by atoms with Crippen molar-refractivity contribution in [2.75, 3.05) is 19.6 Å². The van der Waals surface area contributed by atoms with Crippen molar-refractivity contribution >= 4 is 17.6 Å². The van der Waals surface area contributed by atoms with Crippen LogP contribution in [0.2, 0.25) is 0 Å². The highest BCUT2D eigenvalue weighted by molar-refractivity contribution is 5.93. The minimum Gasteiger partial charge on any atom is -0.369 e. The molecule has 22 heavy (non-hydrogen) atoms. The molecule has 0 saturated carbocycles. The van der Waals surface area contributed by atoms with E-state index in [0.29, 0.717) is 19.4 Å². The van der Waals surface area contributed by atoms with Gasteiger partial charge in [-0.3, -0.25) is 19.3 Å². The molecule has 0 aromatic rings. The van der Waals surface area contributed by atoms with E-state index < -0.39 is 11.9 Å². The molecule has 0 bridgehead atoms. The summed E-state index contributed by atoms with van der Waals surface area (Å²) in [4.78, 5) is 37.2. The van der Waals surface area contributed by atoms with E-state index >= 15 is 0 Å². The van der Waals surface area contributed by atoms with E-state index in [-0.39, 0.29) is 17.6 Å². The number of carbonyl (C=O) groups is 3. The Morgan fingerprint density at radius 3 is 2.86 bits per heavy atom. The molecule has 0 spiro atoms. The molecule has 1 radical (unpaired) electrons. The second kappa shape index (κ2) is 9.56. The van der Waals surface area contributed by atoms with Gasteiger partial charge in [-0.2, -0.15) is 0 Å². The third-order valence-electron chi connectivity index (χ3n) is 4.02. The van der Waals surface area contributed by atoms with Gasteiger partial charge < -0.3 is 11.1 Å². The van der Waals surface area contributed by atoms with Crippen molar-refractivity contribution in [3.8, 4) is 0 Å². The van der Waals surface area contributed by atoms with E-state index in [1.165, 1.54) is 6.42 Å². The largest absolute Gasteiger partial charge is 0.369 e. The average molecular weight is 310 g/mol. The number of rotatable bonds is 8. The first-order valence-corrected chi connectivity index (χ1v) is 8.12. The van der Waals surface area contributed by atoms with Gasteiger partial charge in [-0.05, 0) is 38.8 Å². The van der Waals surface area contributed by atoms with Gasteiger partial charge >= 0.3 is 0 Å². The molecule has 6 heteroatoms. The maximum absolute atomic E-state index is 12.2. The summed E-state index contributed by atoms with van der Waals surface area (Å²) in [6.07, 6.45) is 5.47. The molecule has 6 nitrogen and oxygen atoms in total. The van der Waals surface area contributed by atoms with Crippen LogP contribution < -0.4 is 11.1 Å². The highest BCUT2D eigenvalue weighted by Crippen LogP contribution is 2.10. The van der Waals surface area contributed by atoms with Crippen molar-refractivity contribution in [2.24, 2.45) is 11.7 Å². The smallest absolute Gasteiger partial charge is 0.224 e. The molecular formula is C16H28N3O3. The van der Waals surface area contributed by atoms with Crippen molar-refractivity contribution in [3.05, 3.63) is 6.42 Å². The van der Waals surface area contributed by atoms with E-state index in [1.807, 2.05) is 0 Å². The Bertz CT molecular complexity index is 398. The summed E-state index contributed by atoms with van der Waals surface area (Å²) in [5.74, 6) is -1.03. The SMILES string of the molecule is CCCCN1CCC[C@H](NC(=O)[CH]CC(C)C(N)=O)C(=O)C1. The number of carbonyl (C=O) groups excluding carboxylic acids is 3. The van der Waals surface area contributed by atoms with E-state index in [2.05, 4.69) is 17.1 Å². The van der Waals surface area contributed by atoms with Gasteiger partial charge in [0.05, 0.1) is 19.0 Å². The molecular weight excluding hydrogens is 282 g/mol. The number of unbranched alkanes of at least 4 members (excludes halogenated alkanes) is 1. The molecule has 2 atom stereocenters. The Kier molecular flexibility index (Phi) is 8.09. The normalized spacial score (nSPS) is 21.2. The molecule has 1 saturated heterocycles. The third-order valence-corrected chi connectivity index (χ3v) is 4.02. The lowest BCUT2D eigenvalue weighted by Gasteiger charge is -2.19. The number of hydrogen-bond acceptors (Lipinski definition) is 4. The number of ketones is 1. The van der Waals surface area contributed by atoms with Gasteiger partial charge in [0.25, 0.3) is 0 Å². The second-order valence-electron chi connectivity index (χ2n) is 6.04. The van der Waals surface area contributed by atoms with Crippen LogP contribution in [-0.4, -0.2) is 48.2 Å². The Labute approximate surface area is 132 Å². The number of nitrogens with zero attached hydrogens (tertiary/aromatic N) is 1. The highest BCUT2D eigenvalue weighted by Gasteiger charge is 2.26. The summed E-state index contributed by atoms with van der Waals surface area (Å²) >= 11 is 0. The highest BCUT2D eigenvalue weighted by atomic mass is 16.2. The van der Waals surface area contributed by atoms with Gasteiger partial charge in [0.1, 0.15) is 0 Å². The lowest BCUT2D eigenvalue weighted by atomic mass is 10.0. The minimum atomic E-state index is -0.429. The van der Waals surface area contributed by atoms with Crippen LogP contribution in [0.4, 0.5) is 0 Å². The third kappa shape index (κ3) is 6.56. The summed E-state index contributed by atoms with van der Waals surface area (Å²) < 4.78 is 0. The maximum atomic E-state index is 12.2. The molecule has 1 rings (SSSR count). The molecule has 125 valence electrons. The van der Waals surface area contributed by atoms with Gasteiger partial charge in [0, 0.05) is 5.92 Å². The van der Waals surface area contributed by atoms with Gasteiger partial charge in [-0.25, -0.2) is 0 Å². The van der Waals surface area contributed by atoms with Gasteiger partial charge in [0.2, 0.25) is 11.8 Å². The molecule has 0 aromatic carbocycles. The summed E-state index contributed by atoms with van der Waals surface area (Å²) in [6.45, 7) is 6.05. The van der Waals surface area contributed by atoms with Crippen molar-refractivity contribution < 1.29 is 14.4 Å². The molecule has 1 fully saturated rings. The lowest BCUT2D eigenvalue weighted by molar-refractivity contribution is -0.126. The van der Waals surface area contributed by atoms with E-state index in [4.69, 9.17) is 5.73 Å².